The third-order valence-electron chi connectivity index (χ3n) is 3.20. The third kappa shape index (κ3) is 7.81. The molecular formula is C18H26O4. The molecule has 0 unspecified atom stereocenters. The van der Waals surface area contributed by atoms with Gasteiger partial charge in [0.1, 0.15) is 5.75 Å². The zero-order chi connectivity index (χ0) is 16.4. The molecule has 4 nitrogen and oxygen atoms in total. The van der Waals surface area contributed by atoms with Crippen LogP contribution in [0.25, 0.3) is 0 Å². The number of carbonyl (C=O) groups excluding carboxylic acids is 2. The summed E-state index contributed by atoms with van der Waals surface area (Å²) < 4.78 is 10.4. The fraction of sp³-hybridized carbons (Fsp3) is 0.556. The first kappa shape index (κ1) is 18.2. The van der Waals surface area contributed by atoms with Gasteiger partial charge in [-0.05, 0) is 56.4 Å². The van der Waals surface area contributed by atoms with Crippen LogP contribution in [0.2, 0.25) is 0 Å². The van der Waals surface area contributed by atoms with Crippen molar-refractivity contribution in [1.82, 2.24) is 0 Å². The predicted molar refractivity (Wildman–Crippen MR) is 85.9 cm³/mol. The van der Waals surface area contributed by atoms with Gasteiger partial charge >= 0.3 is 11.9 Å². The largest absolute Gasteiger partial charge is 0.466 e. The summed E-state index contributed by atoms with van der Waals surface area (Å²) in [5, 5.41) is 0. The Labute approximate surface area is 132 Å². The standard InChI is InChI=1S/C18H26O4/c1-4-5-10-21-17(19)8-6-7-9-18(20)22-16-12-14(2)11-15(3)13-16/h11-13H,4-10H2,1-3H3. The summed E-state index contributed by atoms with van der Waals surface area (Å²) in [7, 11) is 0. The summed E-state index contributed by atoms with van der Waals surface area (Å²) in [4.78, 5) is 23.1. The molecular weight excluding hydrogens is 280 g/mol. The minimum Gasteiger partial charge on any atom is -0.466 e. The van der Waals surface area contributed by atoms with Gasteiger partial charge in [-0.2, -0.15) is 0 Å². The molecule has 0 spiro atoms. The second-order valence-electron chi connectivity index (χ2n) is 5.58. The molecule has 4 heteroatoms. The van der Waals surface area contributed by atoms with Gasteiger partial charge in [0, 0.05) is 12.8 Å². The van der Waals surface area contributed by atoms with Crippen molar-refractivity contribution >= 4 is 11.9 Å². The molecule has 0 atom stereocenters. The van der Waals surface area contributed by atoms with E-state index in [0.717, 1.165) is 24.0 Å². The molecule has 0 aliphatic heterocycles. The number of ether oxygens (including phenoxy) is 2. The van der Waals surface area contributed by atoms with Crippen LogP contribution in [-0.4, -0.2) is 18.5 Å². The van der Waals surface area contributed by atoms with Gasteiger partial charge in [0.25, 0.3) is 0 Å². The van der Waals surface area contributed by atoms with E-state index >= 15 is 0 Å². The number of esters is 2. The molecule has 0 N–H and O–H groups in total. The highest BCUT2D eigenvalue weighted by atomic mass is 16.5. The van der Waals surface area contributed by atoms with Gasteiger partial charge in [0.15, 0.2) is 0 Å². The van der Waals surface area contributed by atoms with E-state index < -0.39 is 0 Å². The van der Waals surface area contributed by atoms with E-state index in [4.69, 9.17) is 9.47 Å². The SMILES string of the molecule is CCCCOC(=O)CCCCC(=O)Oc1cc(C)cc(C)c1. The topological polar surface area (TPSA) is 52.6 Å². The molecule has 0 radical (unpaired) electrons. The van der Waals surface area contributed by atoms with Crippen LogP contribution in [0.3, 0.4) is 0 Å². The Balaban J connectivity index is 2.19. The molecule has 0 saturated heterocycles. The van der Waals surface area contributed by atoms with Gasteiger partial charge in [0.05, 0.1) is 6.61 Å². The van der Waals surface area contributed by atoms with Crippen LogP contribution in [0.5, 0.6) is 5.75 Å². The fourth-order valence-electron chi connectivity index (χ4n) is 2.12. The second-order valence-corrected chi connectivity index (χ2v) is 5.58. The minimum atomic E-state index is -0.260. The molecule has 122 valence electrons. The molecule has 22 heavy (non-hydrogen) atoms. The van der Waals surface area contributed by atoms with Gasteiger partial charge in [-0.1, -0.05) is 19.4 Å². The Morgan fingerprint density at radius 3 is 2.09 bits per heavy atom. The summed E-state index contributed by atoms with van der Waals surface area (Å²) in [6.45, 7) is 6.47. The lowest BCUT2D eigenvalue weighted by molar-refractivity contribution is -0.144. The lowest BCUT2D eigenvalue weighted by Gasteiger charge is -2.07. The van der Waals surface area contributed by atoms with Gasteiger partial charge in [-0.3, -0.25) is 9.59 Å². The van der Waals surface area contributed by atoms with E-state index in [2.05, 4.69) is 6.92 Å². The number of aryl methyl sites for hydroxylation is 2. The lowest BCUT2D eigenvalue weighted by Crippen LogP contribution is -2.09. The van der Waals surface area contributed by atoms with Crippen LogP contribution in [0.4, 0.5) is 0 Å². The van der Waals surface area contributed by atoms with Crippen molar-refractivity contribution in [2.45, 2.75) is 59.3 Å². The van der Waals surface area contributed by atoms with Crippen LogP contribution < -0.4 is 4.74 Å². The van der Waals surface area contributed by atoms with Gasteiger partial charge in [-0.25, -0.2) is 0 Å². The van der Waals surface area contributed by atoms with Crippen molar-refractivity contribution in [2.24, 2.45) is 0 Å². The van der Waals surface area contributed by atoms with Crippen molar-refractivity contribution in [2.75, 3.05) is 6.61 Å². The fourth-order valence-corrected chi connectivity index (χ4v) is 2.12. The molecule has 0 fully saturated rings. The van der Waals surface area contributed by atoms with Gasteiger partial charge in [-0.15, -0.1) is 0 Å². The third-order valence-corrected chi connectivity index (χ3v) is 3.20. The zero-order valence-corrected chi connectivity index (χ0v) is 13.8. The molecule has 0 amide bonds. The van der Waals surface area contributed by atoms with E-state index in [-0.39, 0.29) is 11.9 Å². The van der Waals surface area contributed by atoms with E-state index in [1.165, 1.54) is 0 Å². The molecule has 0 saturated carbocycles. The maximum absolute atomic E-state index is 11.8. The van der Waals surface area contributed by atoms with Crippen molar-refractivity contribution in [1.29, 1.82) is 0 Å². The normalized spacial score (nSPS) is 10.3. The molecule has 0 aliphatic rings. The van der Waals surface area contributed by atoms with E-state index in [9.17, 15) is 9.59 Å². The number of unbranched alkanes of at least 4 members (excludes halogenated alkanes) is 2. The Morgan fingerprint density at radius 2 is 1.50 bits per heavy atom. The number of hydrogen-bond donors (Lipinski definition) is 0. The molecule has 0 aromatic heterocycles. The smallest absolute Gasteiger partial charge is 0.311 e. The Bertz CT molecular complexity index is 474. The molecule has 0 heterocycles. The highest BCUT2D eigenvalue weighted by Crippen LogP contribution is 2.17. The van der Waals surface area contributed by atoms with Crippen LogP contribution in [-0.2, 0) is 14.3 Å². The number of hydrogen-bond acceptors (Lipinski definition) is 4. The van der Waals surface area contributed by atoms with Gasteiger partial charge < -0.3 is 9.47 Å². The van der Waals surface area contributed by atoms with Gasteiger partial charge in [0.2, 0.25) is 0 Å². The lowest BCUT2D eigenvalue weighted by atomic mass is 10.1. The first-order valence-electron chi connectivity index (χ1n) is 7.96. The molecule has 0 bridgehead atoms. The van der Waals surface area contributed by atoms with E-state index in [0.29, 0.717) is 38.0 Å². The predicted octanol–water partition coefficient (Wildman–Crippen LogP) is 4.11. The Morgan fingerprint density at radius 1 is 0.909 bits per heavy atom. The van der Waals surface area contributed by atoms with Crippen LogP contribution in [0.1, 0.15) is 56.6 Å². The second kappa shape index (κ2) is 9.98. The van der Waals surface area contributed by atoms with Crippen LogP contribution in [0.15, 0.2) is 18.2 Å². The maximum Gasteiger partial charge on any atom is 0.311 e. The van der Waals surface area contributed by atoms with Crippen LogP contribution >= 0.6 is 0 Å². The Kier molecular flexibility index (Phi) is 8.26. The minimum absolute atomic E-state index is 0.184. The monoisotopic (exact) mass is 306 g/mol. The van der Waals surface area contributed by atoms with Crippen LogP contribution in [0, 0.1) is 13.8 Å². The summed E-state index contributed by atoms with van der Waals surface area (Å²) in [5.74, 6) is 0.141. The first-order valence-corrected chi connectivity index (χ1v) is 7.96. The van der Waals surface area contributed by atoms with E-state index in [1.807, 2.05) is 32.0 Å². The number of rotatable bonds is 9. The maximum atomic E-state index is 11.8. The Hall–Kier alpha value is -1.84. The highest BCUT2D eigenvalue weighted by molar-refractivity contribution is 5.72. The average molecular weight is 306 g/mol. The van der Waals surface area contributed by atoms with Crippen molar-refractivity contribution in [3.8, 4) is 5.75 Å². The molecule has 1 rings (SSSR count). The zero-order valence-electron chi connectivity index (χ0n) is 13.8. The average Bonchev–Trinajstić information content (AvgIpc) is 2.42. The number of benzene rings is 1. The number of carbonyl (C=O) groups is 2. The summed E-state index contributed by atoms with van der Waals surface area (Å²) in [5.41, 5.74) is 2.13. The molecule has 1 aromatic carbocycles. The summed E-state index contributed by atoms with van der Waals surface area (Å²) in [6, 6.07) is 5.72. The van der Waals surface area contributed by atoms with E-state index in [1.54, 1.807) is 0 Å². The summed E-state index contributed by atoms with van der Waals surface area (Å²) >= 11 is 0. The highest BCUT2D eigenvalue weighted by Gasteiger charge is 2.07. The first-order chi connectivity index (χ1) is 10.5. The van der Waals surface area contributed by atoms with Crippen molar-refractivity contribution in [3.05, 3.63) is 29.3 Å². The molecule has 0 aliphatic carbocycles. The molecule has 1 aromatic rings. The quantitative estimate of drug-likeness (QED) is 0.391. The summed E-state index contributed by atoms with van der Waals surface area (Å²) in [6.07, 6.45) is 3.86. The van der Waals surface area contributed by atoms with Crippen molar-refractivity contribution in [3.63, 3.8) is 0 Å². The van der Waals surface area contributed by atoms with Crippen molar-refractivity contribution < 1.29 is 19.1 Å².